The van der Waals surface area contributed by atoms with Gasteiger partial charge in [-0.1, -0.05) is 0 Å². The van der Waals surface area contributed by atoms with Crippen molar-refractivity contribution in [2.75, 3.05) is 17.7 Å². The molecule has 1 atom stereocenters. The van der Waals surface area contributed by atoms with E-state index < -0.39 is 6.10 Å². The molecule has 0 radical (unpaired) electrons. The molecule has 0 bridgehead atoms. The maximum absolute atomic E-state index is 11.6. The number of nitrogens with zero attached hydrogens (tertiary/aromatic N) is 2. The van der Waals surface area contributed by atoms with E-state index >= 15 is 0 Å². The summed E-state index contributed by atoms with van der Waals surface area (Å²) in [6.07, 6.45) is 1.13. The second-order valence-electron chi connectivity index (χ2n) is 3.01. The van der Waals surface area contributed by atoms with Crippen LogP contribution in [0.15, 0.2) is 18.3 Å². The van der Waals surface area contributed by atoms with Crippen molar-refractivity contribution in [1.82, 2.24) is 4.98 Å². The molecule has 2 rings (SSSR count). The van der Waals surface area contributed by atoms with E-state index in [9.17, 15) is 4.79 Å². The summed E-state index contributed by atoms with van der Waals surface area (Å²) in [6.45, 7) is 0. The molecule has 14 heavy (non-hydrogen) atoms. The van der Waals surface area contributed by atoms with Gasteiger partial charge in [0, 0.05) is 19.0 Å². The smallest absolute Gasteiger partial charge is 0.269 e. The van der Waals surface area contributed by atoms with Gasteiger partial charge in [-0.25, -0.2) is 4.98 Å². The standard InChI is InChI=1S/C9H10N2O2S/c1-11-8-6(3-2-4-10-8)13-7(5-14)9(11)12/h2-4,7,14H,5H2,1H3. The highest BCUT2D eigenvalue weighted by Gasteiger charge is 2.31. The first-order valence-corrected chi connectivity index (χ1v) is 4.87. The van der Waals surface area contributed by atoms with E-state index in [2.05, 4.69) is 17.6 Å². The van der Waals surface area contributed by atoms with E-state index in [1.165, 1.54) is 4.90 Å². The lowest BCUT2D eigenvalue weighted by Crippen LogP contribution is -2.45. The molecule has 0 N–H and O–H groups in total. The van der Waals surface area contributed by atoms with Crippen molar-refractivity contribution in [3.8, 4) is 5.75 Å². The second kappa shape index (κ2) is 3.49. The van der Waals surface area contributed by atoms with Crippen LogP contribution < -0.4 is 9.64 Å². The summed E-state index contributed by atoms with van der Waals surface area (Å²) in [5.41, 5.74) is 0. The Morgan fingerprint density at radius 2 is 2.50 bits per heavy atom. The number of carbonyl (C=O) groups excluding carboxylic acids is 1. The van der Waals surface area contributed by atoms with Crippen LogP contribution in [-0.4, -0.2) is 29.8 Å². The van der Waals surface area contributed by atoms with Gasteiger partial charge in [0.05, 0.1) is 0 Å². The Labute approximate surface area is 87.3 Å². The third-order valence-corrected chi connectivity index (χ3v) is 2.44. The van der Waals surface area contributed by atoms with Crippen molar-refractivity contribution in [3.63, 3.8) is 0 Å². The largest absolute Gasteiger partial charge is 0.476 e. The molecule has 0 aromatic carbocycles. The van der Waals surface area contributed by atoms with Crippen LogP contribution in [0.4, 0.5) is 5.82 Å². The van der Waals surface area contributed by atoms with Gasteiger partial charge in [-0.3, -0.25) is 9.69 Å². The lowest BCUT2D eigenvalue weighted by atomic mass is 10.2. The molecule has 2 heterocycles. The highest BCUT2D eigenvalue weighted by Crippen LogP contribution is 2.30. The van der Waals surface area contributed by atoms with E-state index in [-0.39, 0.29) is 5.91 Å². The normalized spacial score (nSPS) is 20.3. The van der Waals surface area contributed by atoms with E-state index in [1.54, 1.807) is 25.4 Å². The molecular formula is C9H10N2O2S. The Morgan fingerprint density at radius 3 is 3.21 bits per heavy atom. The van der Waals surface area contributed by atoms with Gasteiger partial charge in [-0.15, -0.1) is 0 Å². The topological polar surface area (TPSA) is 42.4 Å². The molecule has 1 aromatic heterocycles. The zero-order chi connectivity index (χ0) is 10.1. The number of ether oxygens (including phenoxy) is 1. The maximum Gasteiger partial charge on any atom is 0.269 e. The molecule has 1 unspecified atom stereocenters. The first-order chi connectivity index (χ1) is 6.74. The first kappa shape index (κ1) is 9.33. The molecule has 5 heteroatoms. The highest BCUT2D eigenvalue weighted by molar-refractivity contribution is 7.80. The van der Waals surface area contributed by atoms with E-state index in [4.69, 9.17) is 4.74 Å². The molecular weight excluding hydrogens is 200 g/mol. The number of likely N-dealkylation sites (N-methyl/N-ethyl adjacent to an activating group) is 1. The number of thiol groups is 1. The lowest BCUT2D eigenvalue weighted by Gasteiger charge is -2.29. The van der Waals surface area contributed by atoms with Crippen LogP contribution in [0.1, 0.15) is 0 Å². The Kier molecular flexibility index (Phi) is 2.33. The van der Waals surface area contributed by atoms with Gasteiger partial charge in [-0.05, 0) is 12.1 Å². The fourth-order valence-electron chi connectivity index (χ4n) is 1.37. The summed E-state index contributed by atoms with van der Waals surface area (Å²) >= 11 is 4.06. The average Bonchev–Trinajstić information content (AvgIpc) is 2.23. The quantitative estimate of drug-likeness (QED) is 0.695. The van der Waals surface area contributed by atoms with Crippen LogP contribution in [0, 0.1) is 0 Å². The number of anilines is 1. The molecule has 1 amide bonds. The number of aromatic nitrogens is 1. The number of amides is 1. The van der Waals surface area contributed by atoms with Gasteiger partial charge in [0.15, 0.2) is 17.7 Å². The van der Waals surface area contributed by atoms with Crippen LogP contribution in [-0.2, 0) is 4.79 Å². The van der Waals surface area contributed by atoms with Gasteiger partial charge in [0.1, 0.15) is 0 Å². The summed E-state index contributed by atoms with van der Waals surface area (Å²) in [6, 6.07) is 3.57. The summed E-state index contributed by atoms with van der Waals surface area (Å²) in [4.78, 5) is 17.2. The molecule has 1 aromatic rings. The molecule has 0 saturated heterocycles. The number of rotatable bonds is 1. The van der Waals surface area contributed by atoms with Crippen LogP contribution in [0.5, 0.6) is 5.75 Å². The summed E-state index contributed by atoms with van der Waals surface area (Å²) in [7, 11) is 1.69. The Morgan fingerprint density at radius 1 is 1.71 bits per heavy atom. The zero-order valence-corrected chi connectivity index (χ0v) is 8.57. The number of carbonyl (C=O) groups is 1. The first-order valence-electron chi connectivity index (χ1n) is 4.24. The zero-order valence-electron chi connectivity index (χ0n) is 7.67. The Balaban J connectivity index is 2.42. The molecule has 1 aliphatic heterocycles. The van der Waals surface area contributed by atoms with Crippen molar-refractivity contribution in [2.24, 2.45) is 0 Å². The third-order valence-electron chi connectivity index (χ3n) is 2.11. The van der Waals surface area contributed by atoms with Crippen molar-refractivity contribution in [1.29, 1.82) is 0 Å². The van der Waals surface area contributed by atoms with Crippen molar-refractivity contribution >= 4 is 24.4 Å². The summed E-state index contributed by atoms with van der Waals surface area (Å²) in [5.74, 6) is 1.47. The van der Waals surface area contributed by atoms with Gasteiger partial charge in [0.2, 0.25) is 0 Å². The van der Waals surface area contributed by atoms with E-state index in [1.807, 2.05) is 0 Å². The molecule has 1 aliphatic rings. The Bertz CT molecular complexity index is 370. The number of hydrogen-bond acceptors (Lipinski definition) is 4. The molecule has 74 valence electrons. The van der Waals surface area contributed by atoms with Gasteiger partial charge in [0.25, 0.3) is 5.91 Å². The van der Waals surface area contributed by atoms with Crippen LogP contribution in [0.25, 0.3) is 0 Å². The van der Waals surface area contributed by atoms with E-state index in [0.717, 1.165) is 0 Å². The lowest BCUT2D eigenvalue weighted by molar-refractivity contribution is -0.125. The summed E-state index contributed by atoms with van der Waals surface area (Å²) < 4.78 is 5.43. The average molecular weight is 210 g/mol. The van der Waals surface area contributed by atoms with Crippen molar-refractivity contribution in [2.45, 2.75) is 6.10 Å². The van der Waals surface area contributed by atoms with Crippen LogP contribution in [0.2, 0.25) is 0 Å². The van der Waals surface area contributed by atoms with Gasteiger partial charge in [-0.2, -0.15) is 12.6 Å². The molecule has 0 fully saturated rings. The number of pyridine rings is 1. The fraction of sp³-hybridized carbons (Fsp3) is 0.333. The highest BCUT2D eigenvalue weighted by atomic mass is 32.1. The predicted octanol–water partition coefficient (Wildman–Crippen LogP) is 0.735. The summed E-state index contributed by atoms with van der Waals surface area (Å²) in [5, 5.41) is 0. The minimum atomic E-state index is -0.500. The maximum atomic E-state index is 11.6. The number of fused-ring (bicyclic) bond motifs is 1. The fourth-order valence-corrected chi connectivity index (χ4v) is 1.60. The predicted molar refractivity (Wildman–Crippen MR) is 55.9 cm³/mol. The van der Waals surface area contributed by atoms with Crippen LogP contribution >= 0.6 is 12.6 Å². The minimum absolute atomic E-state index is 0.105. The molecule has 4 nitrogen and oxygen atoms in total. The SMILES string of the molecule is CN1C(=O)C(CS)Oc2cccnc21. The monoisotopic (exact) mass is 210 g/mol. The Hall–Kier alpha value is -1.23. The molecule has 0 spiro atoms. The minimum Gasteiger partial charge on any atom is -0.476 e. The molecule has 0 aliphatic carbocycles. The van der Waals surface area contributed by atoms with Crippen molar-refractivity contribution < 1.29 is 9.53 Å². The van der Waals surface area contributed by atoms with E-state index in [0.29, 0.717) is 17.3 Å². The van der Waals surface area contributed by atoms with Crippen LogP contribution in [0.3, 0.4) is 0 Å². The molecule has 0 saturated carbocycles. The third kappa shape index (κ3) is 1.33. The number of hydrogen-bond donors (Lipinski definition) is 1. The van der Waals surface area contributed by atoms with Crippen molar-refractivity contribution in [3.05, 3.63) is 18.3 Å². The van der Waals surface area contributed by atoms with Gasteiger partial charge >= 0.3 is 0 Å². The van der Waals surface area contributed by atoms with Gasteiger partial charge < -0.3 is 4.74 Å². The second-order valence-corrected chi connectivity index (χ2v) is 3.38.